The largest absolute Gasteiger partial charge is 0.497 e. The van der Waals surface area contributed by atoms with E-state index in [1.165, 1.54) is 6.08 Å². The summed E-state index contributed by atoms with van der Waals surface area (Å²) >= 11 is 0. The van der Waals surface area contributed by atoms with Crippen molar-refractivity contribution in [3.05, 3.63) is 83.9 Å². The summed E-state index contributed by atoms with van der Waals surface area (Å²) in [5, 5.41) is 2.10. The number of hydrogen-bond acceptors (Lipinski definition) is 4. The molecule has 0 bridgehead atoms. The van der Waals surface area contributed by atoms with Crippen LogP contribution in [0.25, 0.3) is 16.8 Å². The van der Waals surface area contributed by atoms with E-state index in [1.807, 2.05) is 42.5 Å². The SMILES string of the molecule is COc1ccc2cc(/C=C/C(=O)OCC(=O)c3ccccc3)ccc2c1. The van der Waals surface area contributed by atoms with Crippen LogP contribution in [0.1, 0.15) is 15.9 Å². The van der Waals surface area contributed by atoms with E-state index in [9.17, 15) is 9.59 Å². The summed E-state index contributed by atoms with van der Waals surface area (Å²) in [4.78, 5) is 23.7. The molecule has 130 valence electrons. The van der Waals surface area contributed by atoms with E-state index in [0.29, 0.717) is 5.56 Å². The van der Waals surface area contributed by atoms with E-state index in [4.69, 9.17) is 9.47 Å². The summed E-state index contributed by atoms with van der Waals surface area (Å²) in [5.74, 6) is 0.0172. The summed E-state index contributed by atoms with van der Waals surface area (Å²) in [7, 11) is 1.63. The minimum atomic E-state index is -0.552. The van der Waals surface area contributed by atoms with Crippen LogP contribution in [0.15, 0.2) is 72.8 Å². The van der Waals surface area contributed by atoms with Gasteiger partial charge in [-0.3, -0.25) is 4.79 Å². The quantitative estimate of drug-likeness (QED) is 0.380. The fourth-order valence-electron chi connectivity index (χ4n) is 2.53. The Hall–Kier alpha value is -3.40. The highest BCUT2D eigenvalue weighted by atomic mass is 16.5. The smallest absolute Gasteiger partial charge is 0.331 e. The third-order valence-corrected chi connectivity index (χ3v) is 3.92. The summed E-state index contributed by atoms with van der Waals surface area (Å²) in [6, 6.07) is 20.4. The molecule has 0 atom stereocenters. The highest BCUT2D eigenvalue weighted by molar-refractivity contribution is 5.99. The van der Waals surface area contributed by atoms with Gasteiger partial charge in [-0.05, 0) is 40.6 Å². The second kappa shape index (κ2) is 8.12. The predicted molar refractivity (Wildman–Crippen MR) is 101 cm³/mol. The number of ether oxygens (including phenoxy) is 2. The first-order valence-electron chi connectivity index (χ1n) is 8.16. The lowest BCUT2D eigenvalue weighted by Crippen LogP contribution is -2.12. The van der Waals surface area contributed by atoms with Gasteiger partial charge in [0.15, 0.2) is 12.4 Å². The van der Waals surface area contributed by atoms with Crippen LogP contribution in [-0.4, -0.2) is 25.5 Å². The van der Waals surface area contributed by atoms with E-state index >= 15 is 0 Å². The second-order valence-corrected chi connectivity index (χ2v) is 5.70. The van der Waals surface area contributed by atoms with Gasteiger partial charge in [-0.1, -0.05) is 48.5 Å². The lowest BCUT2D eigenvalue weighted by Gasteiger charge is -2.04. The maximum Gasteiger partial charge on any atom is 0.331 e. The van der Waals surface area contributed by atoms with Crippen LogP contribution in [0.4, 0.5) is 0 Å². The Morgan fingerprint density at radius 3 is 2.42 bits per heavy atom. The van der Waals surface area contributed by atoms with Gasteiger partial charge in [-0.15, -0.1) is 0 Å². The van der Waals surface area contributed by atoms with Gasteiger partial charge in [0.2, 0.25) is 0 Å². The Labute approximate surface area is 151 Å². The highest BCUT2D eigenvalue weighted by Gasteiger charge is 2.07. The van der Waals surface area contributed by atoms with Gasteiger partial charge in [0.1, 0.15) is 5.75 Å². The number of hydrogen-bond donors (Lipinski definition) is 0. The van der Waals surface area contributed by atoms with E-state index in [-0.39, 0.29) is 12.4 Å². The number of Topliss-reactive ketones (excluding diaryl/α,β-unsaturated/α-hetero) is 1. The molecule has 0 unspecified atom stereocenters. The van der Waals surface area contributed by atoms with E-state index in [1.54, 1.807) is 37.5 Å². The van der Waals surface area contributed by atoms with Crippen LogP contribution in [0.2, 0.25) is 0 Å². The number of carbonyl (C=O) groups excluding carboxylic acids is 2. The number of ketones is 1. The van der Waals surface area contributed by atoms with Crippen molar-refractivity contribution in [1.29, 1.82) is 0 Å². The number of carbonyl (C=O) groups is 2. The number of fused-ring (bicyclic) bond motifs is 1. The average molecular weight is 346 g/mol. The van der Waals surface area contributed by atoms with Crippen LogP contribution in [0.5, 0.6) is 5.75 Å². The van der Waals surface area contributed by atoms with Gasteiger partial charge in [-0.25, -0.2) is 4.79 Å². The average Bonchev–Trinajstić information content (AvgIpc) is 2.70. The molecular formula is C22H18O4. The number of benzene rings is 3. The molecule has 0 aliphatic carbocycles. The Balaban J connectivity index is 1.61. The first kappa shape index (κ1) is 17.4. The Bertz CT molecular complexity index is 958. The van der Waals surface area contributed by atoms with Crippen LogP contribution in [0.3, 0.4) is 0 Å². The Kier molecular flexibility index (Phi) is 5.44. The van der Waals surface area contributed by atoms with Crippen molar-refractivity contribution >= 4 is 28.6 Å². The van der Waals surface area contributed by atoms with Crippen LogP contribution < -0.4 is 4.74 Å². The zero-order valence-electron chi connectivity index (χ0n) is 14.3. The Morgan fingerprint density at radius 1 is 0.923 bits per heavy atom. The van der Waals surface area contributed by atoms with E-state index < -0.39 is 5.97 Å². The molecule has 26 heavy (non-hydrogen) atoms. The molecule has 3 aromatic carbocycles. The Morgan fingerprint density at radius 2 is 1.65 bits per heavy atom. The molecule has 3 aromatic rings. The van der Waals surface area contributed by atoms with E-state index in [0.717, 1.165) is 22.1 Å². The molecule has 0 aromatic heterocycles. The van der Waals surface area contributed by atoms with Gasteiger partial charge in [0.05, 0.1) is 7.11 Å². The van der Waals surface area contributed by atoms with Crippen LogP contribution in [0, 0.1) is 0 Å². The lowest BCUT2D eigenvalue weighted by molar-refractivity contribution is -0.136. The van der Waals surface area contributed by atoms with Crippen molar-refractivity contribution in [3.8, 4) is 5.75 Å². The summed E-state index contributed by atoms with van der Waals surface area (Å²) in [6.07, 6.45) is 2.99. The molecule has 0 aliphatic rings. The molecule has 0 aliphatic heterocycles. The molecule has 0 spiro atoms. The molecule has 0 amide bonds. The topological polar surface area (TPSA) is 52.6 Å². The van der Waals surface area contributed by atoms with Crippen LogP contribution in [-0.2, 0) is 9.53 Å². The maximum absolute atomic E-state index is 11.9. The maximum atomic E-state index is 11.9. The summed E-state index contributed by atoms with van der Waals surface area (Å²) < 4.78 is 10.2. The monoisotopic (exact) mass is 346 g/mol. The van der Waals surface area contributed by atoms with Gasteiger partial charge < -0.3 is 9.47 Å². The zero-order chi connectivity index (χ0) is 18.4. The summed E-state index contributed by atoms with van der Waals surface area (Å²) in [5.41, 5.74) is 1.39. The minimum Gasteiger partial charge on any atom is -0.497 e. The predicted octanol–water partition coefficient (Wildman–Crippen LogP) is 4.29. The van der Waals surface area contributed by atoms with Crippen molar-refractivity contribution in [2.24, 2.45) is 0 Å². The normalized spacial score (nSPS) is 10.8. The highest BCUT2D eigenvalue weighted by Crippen LogP contribution is 2.22. The van der Waals surface area contributed by atoms with Crippen molar-refractivity contribution in [2.45, 2.75) is 0 Å². The molecule has 0 N–H and O–H groups in total. The van der Waals surface area contributed by atoms with Crippen molar-refractivity contribution < 1.29 is 19.1 Å². The van der Waals surface area contributed by atoms with Gasteiger partial charge in [0, 0.05) is 11.6 Å². The molecule has 0 saturated heterocycles. The second-order valence-electron chi connectivity index (χ2n) is 5.70. The summed E-state index contributed by atoms with van der Waals surface area (Å²) in [6.45, 7) is -0.273. The van der Waals surface area contributed by atoms with Crippen LogP contribution >= 0.6 is 0 Å². The minimum absolute atomic E-state index is 0.230. The molecule has 0 radical (unpaired) electrons. The fraction of sp³-hybridized carbons (Fsp3) is 0.0909. The first-order chi connectivity index (χ1) is 12.7. The standard InChI is InChI=1S/C22H18O4/c1-25-20-11-10-18-13-16(7-9-19(18)14-20)8-12-22(24)26-15-21(23)17-5-3-2-4-6-17/h2-14H,15H2,1H3/b12-8+. The number of rotatable bonds is 6. The third-order valence-electron chi connectivity index (χ3n) is 3.92. The van der Waals surface area contributed by atoms with Gasteiger partial charge >= 0.3 is 5.97 Å². The zero-order valence-corrected chi connectivity index (χ0v) is 14.3. The molecule has 0 fully saturated rings. The number of esters is 1. The van der Waals surface area contributed by atoms with Crippen molar-refractivity contribution in [2.75, 3.05) is 13.7 Å². The fourth-order valence-corrected chi connectivity index (χ4v) is 2.53. The first-order valence-corrected chi connectivity index (χ1v) is 8.16. The lowest BCUT2D eigenvalue weighted by atomic mass is 10.1. The molecule has 0 heterocycles. The number of methoxy groups -OCH3 is 1. The molecular weight excluding hydrogens is 328 g/mol. The molecule has 3 rings (SSSR count). The molecule has 4 heteroatoms. The third kappa shape index (κ3) is 4.36. The molecule has 0 saturated carbocycles. The van der Waals surface area contributed by atoms with Crippen molar-refractivity contribution in [1.82, 2.24) is 0 Å². The van der Waals surface area contributed by atoms with Crippen molar-refractivity contribution in [3.63, 3.8) is 0 Å². The molecule has 4 nitrogen and oxygen atoms in total. The van der Waals surface area contributed by atoms with E-state index in [2.05, 4.69) is 0 Å². The van der Waals surface area contributed by atoms with Gasteiger partial charge in [0.25, 0.3) is 0 Å². The van der Waals surface area contributed by atoms with Gasteiger partial charge in [-0.2, -0.15) is 0 Å².